The molecule has 98 valence electrons. The van der Waals surface area contributed by atoms with E-state index in [-0.39, 0.29) is 0 Å². The molecule has 2 bridgehead atoms. The van der Waals surface area contributed by atoms with Gasteiger partial charge >= 0.3 is 0 Å². The standard InChI is InChI=1S/C14H24OS2/c1-5-8-16-12(15)17-11-9-10-6-7-14(11,4)13(10,2)3/h10-11H,5-9H2,1-4H3/t10-,11-,14+/m1/s1. The summed E-state index contributed by atoms with van der Waals surface area (Å²) in [7, 11) is 0. The second kappa shape index (κ2) is 4.80. The Morgan fingerprint density at radius 1 is 1.35 bits per heavy atom. The van der Waals surface area contributed by atoms with Crippen LogP contribution in [0.4, 0.5) is 4.79 Å². The zero-order valence-electron chi connectivity index (χ0n) is 11.4. The van der Waals surface area contributed by atoms with Crippen molar-refractivity contribution in [3.8, 4) is 0 Å². The Balaban J connectivity index is 1.98. The summed E-state index contributed by atoms with van der Waals surface area (Å²) in [5.41, 5.74) is 0.811. The van der Waals surface area contributed by atoms with Crippen LogP contribution < -0.4 is 0 Å². The number of rotatable bonds is 3. The van der Waals surface area contributed by atoms with Crippen molar-refractivity contribution < 1.29 is 4.79 Å². The highest BCUT2D eigenvalue weighted by atomic mass is 32.2. The second-order valence-corrected chi connectivity index (χ2v) is 8.82. The van der Waals surface area contributed by atoms with Crippen LogP contribution in [0.2, 0.25) is 0 Å². The van der Waals surface area contributed by atoms with Crippen LogP contribution >= 0.6 is 23.5 Å². The molecule has 0 heterocycles. The third-order valence-electron chi connectivity index (χ3n) is 5.38. The maximum absolute atomic E-state index is 11.9. The molecule has 0 N–H and O–H groups in total. The molecule has 2 rings (SSSR count). The predicted octanol–water partition coefficient (Wildman–Crippen LogP) is 5.20. The number of hydrogen-bond acceptors (Lipinski definition) is 3. The summed E-state index contributed by atoms with van der Waals surface area (Å²) in [6, 6.07) is 0. The molecule has 2 saturated carbocycles. The normalized spacial score (nSPS) is 38.6. The quantitative estimate of drug-likeness (QED) is 0.703. The average molecular weight is 272 g/mol. The highest BCUT2D eigenvalue weighted by molar-refractivity contribution is 8.38. The molecule has 0 aromatic rings. The second-order valence-electron chi connectivity index (χ2n) is 6.32. The van der Waals surface area contributed by atoms with Gasteiger partial charge in [0.1, 0.15) is 0 Å². The summed E-state index contributed by atoms with van der Waals surface area (Å²) in [6.45, 7) is 9.37. The summed E-state index contributed by atoms with van der Waals surface area (Å²) in [5, 5.41) is 0.563. The Hall–Kier alpha value is 0.370. The van der Waals surface area contributed by atoms with Gasteiger partial charge in [-0.15, -0.1) is 0 Å². The summed E-state index contributed by atoms with van der Waals surface area (Å²) < 4.78 is 0.349. The van der Waals surface area contributed by atoms with Gasteiger partial charge in [0, 0.05) is 11.0 Å². The van der Waals surface area contributed by atoms with E-state index in [0.29, 0.717) is 20.5 Å². The van der Waals surface area contributed by atoms with Gasteiger partial charge in [-0.25, -0.2) is 0 Å². The van der Waals surface area contributed by atoms with Crippen LogP contribution in [0.5, 0.6) is 0 Å². The Kier molecular flexibility index (Phi) is 3.90. The van der Waals surface area contributed by atoms with Gasteiger partial charge in [0.15, 0.2) is 0 Å². The molecule has 2 aliphatic rings. The van der Waals surface area contributed by atoms with E-state index in [9.17, 15) is 4.79 Å². The van der Waals surface area contributed by atoms with Crippen LogP contribution in [-0.4, -0.2) is 15.5 Å². The van der Waals surface area contributed by atoms with Crippen LogP contribution in [-0.2, 0) is 0 Å². The van der Waals surface area contributed by atoms with Crippen molar-refractivity contribution in [1.82, 2.24) is 0 Å². The average Bonchev–Trinajstić information content (AvgIpc) is 2.59. The van der Waals surface area contributed by atoms with E-state index in [0.717, 1.165) is 18.1 Å². The van der Waals surface area contributed by atoms with Crippen LogP contribution in [0.15, 0.2) is 0 Å². The summed E-state index contributed by atoms with van der Waals surface area (Å²) in [4.78, 5) is 11.9. The van der Waals surface area contributed by atoms with Gasteiger partial charge < -0.3 is 0 Å². The monoisotopic (exact) mass is 272 g/mol. The first kappa shape index (κ1) is 13.8. The van der Waals surface area contributed by atoms with Gasteiger partial charge in [0.05, 0.1) is 0 Å². The molecular formula is C14H24OS2. The van der Waals surface area contributed by atoms with E-state index in [4.69, 9.17) is 0 Å². The smallest absolute Gasteiger partial charge is 0.246 e. The lowest BCUT2D eigenvalue weighted by Gasteiger charge is -2.38. The number of fused-ring (bicyclic) bond motifs is 2. The molecule has 0 saturated heterocycles. The van der Waals surface area contributed by atoms with Gasteiger partial charge in [0.2, 0.25) is 4.45 Å². The molecule has 0 aliphatic heterocycles. The van der Waals surface area contributed by atoms with Crippen LogP contribution in [0.25, 0.3) is 0 Å². The van der Waals surface area contributed by atoms with E-state index < -0.39 is 0 Å². The van der Waals surface area contributed by atoms with Crippen molar-refractivity contribution in [3.05, 3.63) is 0 Å². The molecule has 2 aliphatic carbocycles. The van der Waals surface area contributed by atoms with Crippen LogP contribution in [0.1, 0.15) is 53.4 Å². The van der Waals surface area contributed by atoms with Gasteiger partial charge in [-0.1, -0.05) is 51.2 Å². The minimum absolute atomic E-state index is 0.349. The van der Waals surface area contributed by atoms with E-state index in [2.05, 4.69) is 27.7 Å². The van der Waals surface area contributed by atoms with Gasteiger partial charge in [-0.3, -0.25) is 4.79 Å². The minimum Gasteiger partial charge on any atom is -0.274 e. The maximum atomic E-state index is 11.9. The molecule has 0 aromatic carbocycles. The predicted molar refractivity (Wildman–Crippen MR) is 78.8 cm³/mol. The van der Waals surface area contributed by atoms with Crippen LogP contribution in [0, 0.1) is 16.7 Å². The van der Waals surface area contributed by atoms with Crippen molar-refractivity contribution in [3.63, 3.8) is 0 Å². The van der Waals surface area contributed by atoms with E-state index in [1.165, 1.54) is 31.0 Å². The van der Waals surface area contributed by atoms with Crippen molar-refractivity contribution >= 4 is 28.0 Å². The minimum atomic E-state index is 0.349. The van der Waals surface area contributed by atoms with Gasteiger partial charge in [-0.05, 0) is 42.4 Å². The Morgan fingerprint density at radius 2 is 2.06 bits per heavy atom. The molecule has 3 atom stereocenters. The fourth-order valence-corrected chi connectivity index (χ4v) is 6.13. The van der Waals surface area contributed by atoms with Crippen molar-refractivity contribution in [1.29, 1.82) is 0 Å². The molecule has 2 fully saturated rings. The van der Waals surface area contributed by atoms with E-state index in [1.807, 2.05) is 0 Å². The molecule has 0 unspecified atom stereocenters. The number of thioether (sulfide) groups is 2. The molecule has 17 heavy (non-hydrogen) atoms. The lowest BCUT2D eigenvalue weighted by molar-refractivity contribution is 0.156. The first-order chi connectivity index (χ1) is 7.91. The third kappa shape index (κ3) is 2.18. The molecule has 0 aromatic heterocycles. The topological polar surface area (TPSA) is 17.1 Å². The molecular weight excluding hydrogens is 248 g/mol. The number of carbonyl (C=O) groups is 1. The van der Waals surface area contributed by atoms with Crippen molar-refractivity contribution in [2.24, 2.45) is 16.7 Å². The highest BCUT2D eigenvalue weighted by Gasteiger charge is 2.61. The first-order valence-corrected chi connectivity index (χ1v) is 8.61. The Bertz CT molecular complexity index is 313. The Labute approximate surface area is 114 Å². The zero-order valence-corrected chi connectivity index (χ0v) is 13.0. The maximum Gasteiger partial charge on any atom is 0.246 e. The largest absolute Gasteiger partial charge is 0.274 e. The lowest BCUT2D eigenvalue weighted by atomic mass is 9.71. The SMILES string of the molecule is CCCSC(=O)S[C@@H]1C[C@H]2CC[C@]1(C)C2(C)C. The summed E-state index contributed by atoms with van der Waals surface area (Å²) in [6.07, 6.45) is 5.03. The summed E-state index contributed by atoms with van der Waals surface area (Å²) in [5.74, 6) is 1.82. The molecule has 0 amide bonds. The lowest BCUT2D eigenvalue weighted by Crippen LogP contribution is -2.34. The third-order valence-corrected chi connectivity index (χ3v) is 8.06. The fraction of sp³-hybridized carbons (Fsp3) is 0.929. The Morgan fingerprint density at radius 3 is 2.53 bits per heavy atom. The van der Waals surface area contributed by atoms with E-state index >= 15 is 0 Å². The van der Waals surface area contributed by atoms with Gasteiger partial charge in [0.25, 0.3) is 0 Å². The molecule has 1 nitrogen and oxygen atoms in total. The molecule has 3 heteroatoms. The zero-order chi connectivity index (χ0) is 12.7. The number of carbonyl (C=O) groups excluding carboxylic acids is 1. The number of hydrogen-bond donors (Lipinski definition) is 0. The molecule has 0 spiro atoms. The van der Waals surface area contributed by atoms with Gasteiger partial charge in [-0.2, -0.15) is 0 Å². The first-order valence-electron chi connectivity index (χ1n) is 6.75. The fourth-order valence-electron chi connectivity index (χ4n) is 3.64. The van der Waals surface area contributed by atoms with Crippen LogP contribution in [0.3, 0.4) is 0 Å². The van der Waals surface area contributed by atoms with Crippen molar-refractivity contribution in [2.45, 2.75) is 58.6 Å². The summed E-state index contributed by atoms with van der Waals surface area (Å²) >= 11 is 3.15. The van der Waals surface area contributed by atoms with E-state index in [1.54, 1.807) is 11.8 Å². The molecule has 0 radical (unpaired) electrons. The highest BCUT2D eigenvalue weighted by Crippen LogP contribution is 2.68. The van der Waals surface area contributed by atoms with Crippen molar-refractivity contribution in [2.75, 3.05) is 5.75 Å².